The van der Waals surface area contributed by atoms with Gasteiger partial charge < -0.3 is 10.2 Å². The Labute approximate surface area is 182 Å². The summed E-state index contributed by atoms with van der Waals surface area (Å²) in [6.45, 7) is 1.94. The van der Waals surface area contributed by atoms with Crippen LogP contribution < -0.4 is 5.32 Å². The Morgan fingerprint density at radius 3 is 2.88 bits per heavy atom. The van der Waals surface area contributed by atoms with Gasteiger partial charge in [-0.1, -0.05) is 0 Å². The molecule has 0 unspecified atom stereocenters. The number of anilines is 1. The van der Waals surface area contributed by atoms with Gasteiger partial charge in [0, 0.05) is 47.7 Å². The van der Waals surface area contributed by atoms with Crippen LogP contribution >= 0.6 is 0 Å². The summed E-state index contributed by atoms with van der Waals surface area (Å²) in [5, 5.41) is 11.3. The first-order chi connectivity index (χ1) is 15.3. The molecule has 7 nitrogen and oxygen atoms in total. The molecule has 168 valence electrons. The van der Waals surface area contributed by atoms with Crippen LogP contribution in [0.25, 0.3) is 22.2 Å². The number of benzene rings is 1. The maximum atomic E-state index is 12.9. The van der Waals surface area contributed by atoms with Gasteiger partial charge in [-0.3, -0.25) is 15.0 Å². The van der Waals surface area contributed by atoms with E-state index in [2.05, 4.69) is 20.5 Å². The quantitative estimate of drug-likeness (QED) is 0.631. The van der Waals surface area contributed by atoms with E-state index in [1.165, 1.54) is 4.90 Å². The lowest BCUT2D eigenvalue weighted by atomic mass is 9.99. The Morgan fingerprint density at radius 1 is 1.25 bits per heavy atom. The summed E-state index contributed by atoms with van der Waals surface area (Å²) in [7, 11) is 0. The van der Waals surface area contributed by atoms with Crippen molar-refractivity contribution >= 4 is 22.6 Å². The number of hydrogen-bond donors (Lipinski definition) is 2. The highest BCUT2D eigenvalue weighted by Crippen LogP contribution is 2.34. The van der Waals surface area contributed by atoms with Gasteiger partial charge >= 0.3 is 12.2 Å². The molecule has 2 aliphatic heterocycles. The number of H-pyrrole nitrogens is 1. The van der Waals surface area contributed by atoms with Gasteiger partial charge in [-0.25, -0.2) is 4.79 Å². The normalized spacial score (nSPS) is 19.8. The molecule has 0 aliphatic carbocycles. The minimum absolute atomic E-state index is 0.220. The summed E-state index contributed by atoms with van der Waals surface area (Å²) in [6.07, 6.45) is -1.19. The second-order valence-corrected chi connectivity index (χ2v) is 8.52. The molecule has 0 bridgehead atoms. The van der Waals surface area contributed by atoms with Gasteiger partial charge in [-0.2, -0.15) is 18.3 Å². The first-order valence-electron chi connectivity index (χ1n) is 10.6. The summed E-state index contributed by atoms with van der Waals surface area (Å²) in [5.41, 5.74) is 5.04. The number of pyridine rings is 1. The number of aryl methyl sites for hydroxylation is 1. The number of piperidine rings is 1. The number of nitrogens with one attached hydrogen (secondary N) is 2. The average molecular weight is 444 g/mol. The van der Waals surface area contributed by atoms with Crippen molar-refractivity contribution in [1.82, 2.24) is 25.0 Å². The van der Waals surface area contributed by atoms with Crippen molar-refractivity contribution in [2.45, 2.75) is 38.5 Å². The molecule has 1 aromatic carbocycles. The number of rotatable bonds is 3. The first kappa shape index (κ1) is 20.7. The lowest BCUT2D eigenvalue weighted by molar-refractivity contribution is -0.149. The van der Waals surface area contributed by atoms with Gasteiger partial charge in [0.2, 0.25) is 0 Å². The van der Waals surface area contributed by atoms with E-state index in [0.29, 0.717) is 31.6 Å². The van der Waals surface area contributed by atoms with Gasteiger partial charge in [0.15, 0.2) is 0 Å². The Bertz CT molecular complexity index is 1170. The minimum atomic E-state index is -4.24. The van der Waals surface area contributed by atoms with Crippen molar-refractivity contribution in [1.29, 1.82) is 0 Å². The fourth-order valence-corrected chi connectivity index (χ4v) is 4.69. The summed E-state index contributed by atoms with van der Waals surface area (Å²) in [4.78, 5) is 20.1. The molecule has 1 saturated heterocycles. The van der Waals surface area contributed by atoms with E-state index >= 15 is 0 Å². The number of likely N-dealkylation sites (tertiary alicyclic amines) is 1. The van der Waals surface area contributed by atoms with E-state index in [0.717, 1.165) is 33.4 Å². The van der Waals surface area contributed by atoms with Crippen LogP contribution in [-0.2, 0) is 6.54 Å². The number of alkyl halides is 3. The highest BCUT2D eigenvalue weighted by molar-refractivity contribution is 6.00. The molecule has 1 atom stereocenters. The number of aromatic nitrogens is 3. The van der Waals surface area contributed by atoms with E-state index in [9.17, 15) is 18.0 Å². The van der Waals surface area contributed by atoms with Crippen molar-refractivity contribution in [2.24, 2.45) is 0 Å². The number of hydrogen-bond acceptors (Lipinski definition) is 4. The minimum Gasteiger partial charge on any atom is -0.316 e. The number of fused-ring (bicyclic) bond motifs is 2. The fourth-order valence-electron chi connectivity index (χ4n) is 4.69. The molecule has 2 N–H and O–H groups in total. The summed E-state index contributed by atoms with van der Waals surface area (Å²) >= 11 is 0. The van der Waals surface area contributed by atoms with E-state index < -0.39 is 12.7 Å². The number of halogens is 3. The number of nitrogens with zero attached hydrogens (tertiary/aromatic N) is 4. The molecule has 5 rings (SSSR count). The zero-order valence-corrected chi connectivity index (χ0v) is 17.5. The largest absolute Gasteiger partial charge is 0.401 e. The summed E-state index contributed by atoms with van der Waals surface area (Å²) < 4.78 is 38.6. The van der Waals surface area contributed by atoms with Crippen LogP contribution in [0.3, 0.4) is 0 Å². The molecule has 2 amide bonds. The number of urea groups is 1. The second-order valence-electron chi connectivity index (χ2n) is 8.52. The Balaban J connectivity index is 1.43. The maximum absolute atomic E-state index is 12.9. The summed E-state index contributed by atoms with van der Waals surface area (Å²) in [6, 6.07) is 7.18. The second kappa shape index (κ2) is 7.77. The molecule has 32 heavy (non-hydrogen) atoms. The molecular weight excluding hydrogens is 421 g/mol. The van der Waals surface area contributed by atoms with Crippen LogP contribution in [0.4, 0.5) is 23.7 Å². The monoisotopic (exact) mass is 444 g/mol. The summed E-state index contributed by atoms with van der Waals surface area (Å²) in [5.74, 6) is 0. The van der Waals surface area contributed by atoms with E-state index in [1.54, 1.807) is 11.1 Å². The lowest BCUT2D eigenvalue weighted by Gasteiger charge is -2.41. The van der Waals surface area contributed by atoms with Gasteiger partial charge in [0.05, 0.1) is 12.1 Å². The molecule has 0 spiro atoms. The third-order valence-electron chi connectivity index (χ3n) is 6.12. The Hall–Kier alpha value is -3.14. The van der Waals surface area contributed by atoms with Crippen molar-refractivity contribution in [3.05, 3.63) is 41.7 Å². The third kappa shape index (κ3) is 4.02. The smallest absolute Gasteiger partial charge is 0.316 e. The van der Waals surface area contributed by atoms with Gasteiger partial charge in [0.1, 0.15) is 5.69 Å². The lowest BCUT2D eigenvalue weighted by Crippen LogP contribution is -2.53. The molecule has 4 heterocycles. The zero-order valence-electron chi connectivity index (χ0n) is 17.5. The number of carbonyl (C=O) groups is 1. The van der Waals surface area contributed by atoms with Gasteiger partial charge in [0.25, 0.3) is 0 Å². The predicted molar refractivity (Wildman–Crippen MR) is 114 cm³/mol. The van der Waals surface area contributed by atoms with Gasteiger partial charge in [-0.05, 0) is 56.1 Å². The predicted octanol–water partition coefficient (Wildman–Crippen LogP) is 4.31. The number of amides is 2. The van der Waals surface area contributed by atoms with Crippen LogP contribution in [0.1, 0.15) is 24.1 Å². The molecule has 2 aromatic heterocycles. The Morgan fingerprint density at radius 2 is 2.09 bits per heavy atom. The topological polar surface area (TPSA) is 77.2 Å². The van der Waals surface area contributed by atoms with Crippen LogP contribution in [0.2, 0.25) is 0 Å². The van der Waals surface area contributed by atoms with Crippen molar-refractivity contribution < 1.29 is 18.0 Å². The molecule has 0 radical (unpaired) electrons. The number of aromatic amines is 1. The van der Waals surface area contributed by atoms with E-state index in [1.807, 2.05) is 31.2 Å². The molecule has 0 saturated carbocycles. The van der Waals surface area contributed by atoms with E-state index in [-0.39, 0.29) is 18.6 Å². The van der Waals surface area contributed by atoms with Crippen LogP contribution in [0.5, 0.6) is 0 Å². The molecule has 2 aliphatic rings. The first-order valence-corrected chi connectivity index (χ1v) is 10.6. The molecule has 3 aromatic rings. The van der Waals surface area contributed by atoms with Crippen LogP contribution in [-0.4, -0.2) is 62.9 Å². The van der Waals surface area contributed by atoms with Gasteiger partial charge in [-0.15, -0.1) is 0 Å². The van der Waals surface area contributed by atoms with E-state index in [4.69, 9.17) is 0 Å². The van der Waals surface area contributed by atoms with Crippen LogP contribution in [0.15, 0.2) is 30.5 Å². The highest BCUT2D eigenvalue weighted by atomic mass is 19.4. The van der Waals surface area contributed by atoms with Crippen molar-refractivity contribution in [2.75, 3.05) is 25.0 Å². The molecule has 10 heteroatoms. The van der Waals surface area contributed by atoms with Crippen molar-refractivity contribution in [3.63, 3.8) is 0 Å². The third-order valence-corrected chi connectivity index (χ3v) is 6.12. The maximum Gasteiger partial charge on any atom is 0.401 e. The average Bonchev–Trinajstić information content (AvgIpc) is 3.13. The zero-order chi connectivity index (χ0) is 22.5. The standard InChI is InChI=1S/C22H23F3N6O/c1-13-7-14(4-5-26-13)20-17-8-15-10-31(21(32)27-18(15)9-19(17)28-29-20)16-3-2-6-30(11-16)12-22(23,24)25/h4-5,7-9,16H,2-3,6,10-12H2,1H3,(H,27,32)(H,28,29)/t16-/m1/s1. The highest BCUT2D eigenvalue weighted by Gasteiger charge is 2.37. The van der Waals surface area contributed by atoms with Crippen LogP contribution in [0, 0.1) is 6.92 Å². The SMILES string of the molecule is Cc1cc(-c2n[nH]c3cc4c(cc23)CN([C@@H]2CCCN(CC(F)(F)F)C2)C(=O)N4)ccn1. The molecular formula is C22H23F3N6O. The van der Waals surface area contributed by atoms with Crippen molar-refractivity contribution in [3.8, 4) is 11.3 Å². The molecule has 1 fully saturated rings. The Kier molecular flexibility index (Phi) is 5.04. The fraction of sp³-hybridized carbons (Fsp3) is 0.409. The number of carbonyl (C=O) groups excluding carboxylic acids is 1.